The molecule has 176 valence electrons. The number of carbonyl (C=O) groups is 2. The predicted molar refractivity (Wildman–Crippen MR) is 135 cm³/mol. The summed E-state index contributed by atoms with van der Waals surface area (Å²) in [6, 6.07) is 12.0. The van der Waals surface area contributed by atoms with Crippen LogP contribution in [-0.2, 0) is 6.54 Å². The molecule has 0 unspecified atom stereocenters. The first-order valence-electron chi connectivity index (χ1n) is 12.1. The lowest BCUT2D eigenvalue weighted by molar-refractivity contribution is 0.0687. The molecule has 6 nitrogen and oxygen atoms in total. The van der Waals surface area contributed by atoms with Gasteiger partial charge in [0.15, 0.2) is 0 Å². The Hall–Kier alpha value is -3.93. The largest absolute Gasteiger partial charge is 0.478 e. The lowest BCUT2D eigenvalue weighted by Gasteiger charge is -2.24. The molecule has 0 spiro atoms. The molecule has 2 N–H and O–H groups in total. The number of pyridine rings is 1. The van der Waals surface area contributed by atoms with E-state index in [0.717, 1.165) is 55.5 Å². The molecule has 0 radical (unpaired) electrons. The van der Waals surface area contributed by atoms with E-state index in [9.17, 15) is 14.7 Å². The minimum atomic E-state index is -0.924. The van der Waals surface area contributed by atoms with Crippen molar-refractivity contribution in [1.29, 1.82) is 0 Å². The van der Waals surface area contributed by atoms with E-state index in [4.69, 9.17) is 0 Å². The van der Waals surface area contributed by atoms with Gasteiger partial charge in [0.1, 0.15) is 5.65 Å². The normalized spacial score (nSPS) is 16.1. The van der Waals surface area contributed by atoms with Crippen LogP contribution in [0, 0.1) is 19.8 Å². The fourth-order valence-corrected chi connectivity index (χ4v) is 5.49. The number of aromatic amines is 1. The molecule has 1 saturated carbocycles. The standard InChI is InChI=1S/C29H27N3O3/c1-15-8-19(6-7-23(15)29(34)35)25-13-31-27-24(25)11-21(12-30-27)20-9-16(2)26-22(10-20)14-32(28(26)33)17(3)18-4-5-18/h6-13,17-18H,4-5,14H2,1-3H3,(H,30,31)(H,34,35)/t17-/m0/s1. The fourth-order valence-electron chi connectivity index (χ4n) is 5.49. The van der Waals surface area contributed by atoms with E-state index >= 15 is 0 Å². The van der Waals surface area contributed by atoms with Crippen molar-refractivity contribution in [3.8, 4) is 22.3 Å². The zero-order valence-corrected chi connectivity index (χ0v) is 20.1. The highest BCUT2D eigenvalue weighted by atomic mass is 16.4. The minimum absolute atomic E-state index is 0.158. The van der Waals surface area contributed by atoms with Crippen LogP contribution in [0.5, 0.6) is 0 Å². The van der Waals surface area contributed by atoms with Crippen LogP contribution in [0.1, 0.15) is 57.2 Å². The van der Waals surface area contributed by atoms with Crippen LogP contribution < -0.4 is 0 Å². The second kappa shape index (κ2) is 7.80. The summed E-state index contributed by atoms with van der Waals surface area (Å²) in [6.45, 7) is 6.67. The fraction of sp³-hybridized carbons (Fsp3) is 0.276. The van der Waals surface area contributed by atoms with Crippen LogP contribution in [0.2, 0.25) is 0 Å². The van der Waals surface area contributed by atoms with Gasteiger partial charge in [-0.15, -0.1) is 0 Å². The zero-order chi connectivity index (χ0) is 24.4. The molecule has 1 aliphatic carbocycles. The number of hydrogen-bond acceptors (Lipinski definition) is 3. The summed E-state index contributed by atoms with van der Waals surface area (Å²) in [7, 11) is 0. The molecule has 1 aliphatic heterocycles. The third-order valence-electron chi connectivity index (χ3n) is 7.66. The number of carbonyl (C=O) groups excluding carboxylic acids is 1. The first kappa shape index (κ1) is 21.6. The van der Waals surface area contributed by atoms with Crippen LogP contribution in [-0.4, -0.2) is 37.9 Å². The number of hydrogen-bond donors (Lipinski definition) is 2. The minimum Gasteiger partial charge on any atom is -0.478 e. The molecule has 6 heteroatoms. The Kier molecular flexibility index (Phi) is 4.81. The summed E-state index contributed by atoms with van der Waals surface area (Å²) in [5.41, 5.74) is 8.71. The van der Waals surface area contributed by atoms with E-state index in [1.54, 1.807) is 6.07 Å². The average Bonchev–Trinajstić information content (AvgIpc) is 3.51. The van der Waals surface area contributed by atoms with E-state index in [2.05, 4.69) is 35.1 Å². The number of rotatable bonds is 5. The van der Waals surface area contributed by atoms with Crippen LogP contribution in [0.3, 0.4) is 0 Å². The highest BCUT2D eigenvalue weighted by molar-refractivity contribution is 6.01. The second-order valence-corrected chi connectivity index (χ2v) is 10.00. The van der Waals surface area contributed by atoms with Gasteiger partial charge in [0.2, 0.25) is 0 Å². The number of aryl methyl sites for hydroxylation is 2. The molecule has 2 aromatic carbocycles. The maximum Gasteiger partial charge on any atom is 0.335 e. The Bertz CT molecular complexity index is 1530. The van der Waals surface area contributed by atoms with Crippen LogP contribution >= 0.6 is 0 Å². The number of H-pyrrole nitrogens is 1. The van der Waals surface area contributed by atoms with Crippen molar-refractivity contribution < 1.29 is 14.7 Å². The Labute approximate surface area is 203 Å². The summed E-state index contributed by atoms with van der Waals surface area (Å²) in [6.07, 6.45) is 6.22. The van der Waals surface area contributed by atoms with Gasteiger partial charge in [-0.25, -0.2) is 9.78 Å². The number of benzene rings is 2. The van der Waals surface area contributed by atoms with E-state index < -0.39 is 5.97 Å². The first-order chi connectivity index (χ1) is 16.8. The number of carboxylic acids is 1. The van der Waals surface area contributed by atoms with Gasteiger partial charge >= 0.3 is 5.97 Å². The molecule has 1 amide bonds. The maximum atomic E-state index is 13.1. The Morgan fingerprint density at radius 2 is 1.86 bits per heavy atom. The number of aromatic nitrogens is 2. The predicted octanol–water partition coefficient (Wildman–Crippen LogP) is 5.97. The third kappa shape index (κ3) is 3.52. The molecular formula is C29H27N3O3. The summed E-state index contributed by atoms with van der Waals surface area (Å²) in [5.74, 6) is -0.127. The van der Waals surface area contributed by atoms with Crippen molar-refractivity contribution in [3.05, 3.63) is 76.6 Å². The molecule has 6 rings (SSSR count). The van der Waals surface area contributed by atoms with Crippen LogP contribution in [0.15, 0.2) is 48.8 Å². The lowest BCUT2D eigenvalue weighted by Crippen LogP contribution is -2.34. The van der Waals surface area contributed by atoms with E-state index in [1.165, 1.54) is 12.8 Å². The number of aromatic carboxylic acids is 1. The molecule has 4 aromatic rings. The quantitative estimate of drug-likeness (QED) is 0.380. The van der Waals surface area contributed by atoms with Crippen molar-refractivity contribution >= 4 is 22.9 Å². The van der Waals surface area contributed by atoms with Gasteiger partial charge in [0.05, 0.1) is 5.56 Å². The highest BCUT2D eigenvalue weighted by Crippen LogP contribution is 2.40. The average molecular weight is 466 g/mol. The number of nitrogens with one attached hydrogen (secondary N) is 1. The summed E-state index contributed by atoms with van der Waals surface area (Å²) in [5, 5.41) is 10.3. The second-order valence-electron chi connectivity index (χ2n) is 10.00. The van der Waals surface area contributed by atoms with Gasteiger partial charge in [-0.1, -0.05) is 18.2 Å². The lowest BCUT2D eigenvalue weighted by atomic mass is 9.95. The van der Waals surface area contributed by atoms with Gasteiger partial charge < -0.3 is 15.0 Å². The van der Waals surface area contributed by atoms with Crippen LogP contribution in [0.4, 0.5) is 0 Å². The van der Waals surface area contributed by atoms with Gasteiger partial charge in [-0.05, 0) is 85.5 Å². The van der Waals surface area contributed by atoms with Gasteiger partial charge in [0.25, 0.3) is 5.91 Å². The molecule has 3 heterocycles. The van der Waals surface area contributed by atoms with E-state index in [1.807, 2.05) is 43.3 Å². The van der Waals surface area contributed by atoms with Crippen molar-refractivity contribution in [1.82, 2.24) is 14.9 Å². The van der Waals surface area contributed by atoms with Crippen molar-refractivity contribution in [2.45, 2.75) is 46.2 Å². The molecular weight excluding hydrogens is 438 g/mol. The van der Waals surface area contributed by atoms with Crippen molar-refractivity contribution in [3.63, 3.8) is 0 Å². The maximum absolute atomic E-state index is 13.1. The monoisotopic (exact) mass is 465 g/mol. The molecule has 1 fully saturated rings. The SMILES string of the molecule is Cc1cc(-c2c[nH]c3ncc(-c4cc(C)c5c(c4)CN([C@@H](C)C4CC4)C5=O)cc23)ccc1C(=O)O. The van der Waals surface area contributed by atoms with Gasteiger partial charge in [-0.3, -0.25) is 4.79 Å². The third-order valence-corrected chi connectivity index (χ3v) is 7.66. The molecule has 35 heavy (non-hydrogen) atoms. The molecule has 2 aromatic heterocycles. The number of fused-ring (bicyclic) bond motifs is 2. The summed E-state index contributed by atoms with van der Waals surface area (Å²) < 4.78 is 0. The molecule has 1 atom stereocenters. The Morgan fingerprint density at radius 1 is 1.09 bits per heavy atom. The van der Waals surface area contributed by atoms with Gasteiger partial charge in [0, 0.05) is 47.1 Å². The number of nitrogens with zero attached hydrogens (tertiary/aromatic N) is 2. The van der Waals surface area contributed by atoms with Crippen molar-refractivity contribution in [2.75, 3.05) is 0 Å². The molecule has 0 saturated heterocycles. The summed E-state index contributed by atoms with van der Waals surface area (Å²) in [4.78, 5) is 34.5. The number of amides is 1. The Morgan fingerprint density at radius 3 is 2.57 bits per heavy atom. The van der Waals surface area contributed by atoms with E-state index in [0.29, 0.717) is 18.0 Å². The van der Waals surface area contributed by atoms with Crippen LogP contribution in [0.25, 0.3) is 33.3 Å². The smallest absolute Gasteiger partial charge is 0.335 e. The summed E-state index contributed by atoms with van der Waals surface area (Å²) >= 11 is 0. The number of carboxylic acid groups (broad SMARTS) is 1. The zero-order valence-electron chi connectivity index (χ0n) is 20.1. The Balaban J connectivity index is 1.39. The van der Waals surface area contributed by atoms with Crippen molar-refractivity contribution in [2.24, 2.45) is 5.92 Å². The molecule has 2 aliphatic rings. The van der Waals surface area contributed by atoms with Gasteiger partial charge in [-0.2, -0.15) is 0 Å². The topological polar surface area (TPSA) is 86.3 Å². The van der Waals surface area contributed by atoms with E-state index in [-0.39, 0.29) is 11.9 Å². The molecule has 0 bridgehead atoms. The first-order valence-corrected chi connectivity index (χ1v) is 12.1. The highest BCUT2D eigenvalue weighted by Gasteiger charge is 2.39.